The quantitative estimate of drug-likeness (QED) is 0.706. The van der Waals surface area contributed by atoms with E-state index in [1.807, 2.05) is 13.1 Å². The molecule has 1 aromatic carbocycles. The number of nitrogens with one attached hydrogen (secondary N) is 1. The second kappa shape index (κ2) is 7.71. The molecule has 29 heavy (non-hydrogen) atoms. The lowest BCUT2D eigenvalue weighted by Gasteiger charge is -2.36. The van der Waals surface area contributed by atoms with Crippen molar-refractivity contribution in [1.82, 2.24) is 30.0 Å². The van der Waals surface area contributed by atoms with Gasteiger partial charge in [-0.1, -0.05) is 0 Å². The Bertz CT molecular complexity index is 1020. The van der Waals surface area contributed by atoms with Crippen LogP contribution in [0.5, 0.6) is 5.75 Å². The summed E-state index contributed by atoms with van der Waals surface area (Å²) in [6.45, 7) is 2.09. The van der Waals surface area contributed by atoms with Crippen LogP contribution < -0.4 is 5.32 Å². The van der Waals surface area contributed by atoms with Gasteiger partial charge in [0.15, 0.2) is 5.82 Å². The fraction of sp³-hybridized carbons (Fsp3) is 0.333. The van der Waals surface area contributed by atoms with Crippen LogP contribution in [-0.4, -0.2) is 48.6 Å². The van der Waals surface area contributed by atoms with E-state index in [-0.39, 0.29) is 11.3 Å². The zero-order chi connectivity index (χ0) is 20.4. The van der Waals surface area contributed by atoms with E-state index >= 15 is 0 Å². The van der Waals surface area contributed by atoms with Gasteiger partial charge in [-0.2, -0.15) is 0 Å². The zero-order valence-electron chi connectivity index (χ0n) is 16.4. The molecule has 1 fully saturated rings. The topological polar surface area (TPSA) is 88.8 Å². The normalized spacial score (nSPS) is 23.4. The van der Waals surface area contributed by atoms with Gasteiger partial charge in [0.1, 0.15) is 17.6 Å². The van der Waals surface area contributed by atoms with Gasteiger partial charge < -0.3 is 15.0 Å². The molecule has 0 spiro atoms. The smallest absolute Gasteiger partial charge is 0.185 e. The molecule has 150 valence electrons. The number of hydrogen-bond donors (Lipinski definition) is 2. The first-order chi connectivity index (χ1) is 14.0. The van der Waals surface area contributed by atoms with Gasteiger partial charge in [-0.3, -0.25) is 0 Å². The molecule has 1 unspecified atom stereocenters. The van der Waals surface area contributed by atoms with Crippen molar-refractivity contribution < 1.29 is 9.50 Å². The fourth-order valence-corrected chi connectivity index (χ4v) is 3.58. The largest absolute Gasteiger partial charge is 0.507 e. The highest BCUT2D eigenvalue weighted by Gasteiger charge is 2.33. The number of phenolic OH excluding ortho intramolecular Hbond substituents is 1. The van der Waals surface area contributed by atoms with Crippen LogP contribution in [0.25, 0.3) is 23.2 Å². The Morgan fingerprint density at radius 3 is 2.86 bits per heavy atom. The molecule has 4 rings (SSSR count). The zero-order valence-corrected chi connectivity index (χ0v) is 16.4. The van der Waals surface area contributed by atoms with Gasteiger partial charge in [-0.25, -0.2) is 14.4 Å². The molecular formula is C21H23FN6O. The van der Waals surface area contributed by atoms with E-state index in [1.54, 1.807) is 47.7 Å². The average Bonchev–Trinajstić information content (AvgIpc) is 3.27. The van der Waals surface area contributed by atoms with Crippen molar-refractivity contribution in [3.05, 3.63) is 54.4 Å². The third kappa shape index (κ3) is 4.02. The Kier molecular flexibility index (Phi) is 5.10. The lowest BCUT2D eigenvalue weighted by atomic mass is 9.79. The molecule has 0 radical (unpaired) electrons. The molecule has 2 atom stereocenters. The van der Waals surface area contributed by atoms with Crippen molar-refractivity contribution in [2.45, 2.75) is 37.9 Å². The Morgan fingerprint density at radius 2 is 2.21 bits per heavy atom. The fourth-order valence-electron chi connectivity index (χ4n) is 3.58. The third-order valence-corrected chi connectivity index (χ3v) is 5.49. The van der Waals surface area contributed by atoms with E-state index in [4.69, 9.17) is 0 Å². The highest BCUT2D eigenvalue weighted by molar-refractivity contribution is 5.66. The van der Waals surface area contributed by atoms with Crippen molar-refractivity contribution in [3.8, 4) is 22.8 Å². The molecule has 7 nitrogen and oxygen atoms in total. The van der Waals surface area contributed by atoms with Gasteiger partial charge >= 0.3 is 0 Å². The van der Waals surface area contributed by atoms with Gasteiger partial charge in [0, 0.05) is 24.0 Å². The Hall–Kier alpha value is -3.13. The van der Waals surface area contributed by atoms with Crippen LogP contribution in [0.4, 0.5) is 4.39 Å². The van der Waals surface area contributed by atoms with Crippen molar-refractivity contribution in [2.75, 3.05) is 7.05 Å². The number of phenols is 1. The van der Waals surface area contributed by atoms with Gasteiger partial charge in [0.2, 0.25) is 0 Å². The van der Waals surface area contributed by atoms with Crippen LogP contribution >= 0.6 is 0 Å². The van der Waals surface area contributed by atoms with Crippen LogP contribution in [-0.2, 0) is 0 Å². The molecular weight excluding hydrogens is 371 g/mol. The summed E-state index contributed by atoms with van der Waals surface area (Å²) in [5.41, 5.74) is 2.34. The number of halogens is 1. The molecule has 1 aliphatic carbocycles. The monoisotopic (exact) mass is 394 g/mol. The van der Waals surface area contributed by atoms with Gasteiger partial charge in [-0.15, -0.1) is 10.2 Å². The number of nitrogens with zero attached hydrogens (tertiary/aromatic N) is 5. The molecule has 3 aromatic rings. The first-order valence-electron chi connectivity index (χ1n) is 9.52. The number of imidazole rings is 1. The van der Waals surface area contributed by atoms with Crippen molar-refractivity contribution in [3.63, 3.8) is 0 Å². The molecule has 0 amide bonds. The van der Waals surface area contributed by atoms with E-state index in [2.05, 4.69) is 32.4 Å². The van der Waals surface area contributed by atoms with Crippen LogP contribution in [0, 0.1) is 0 Å². The molecule has 0 aliphatic heterocycles. The first-order valence-corrected chi connectivity index (χ1v) is 9.52. The number of rotatable bonds is 4. The minimum atomic E-state index is -0.974. The summed E-state index contributed by atoms with van der Waals surface area (Å²) in [6, 6.07) is 5.19. The molecule has 0 saturated heterocycles. The van der Waals surface area contributed by atoms with Crippen LogP contribution in [0.3, 0.4) is 0 Å². The lowest BCUT2D eigenvalue weighted by molar-refractivity contribution is 0.230. The van der Waals surface area contributed by atoms with Crippen molar-refractivity contribution >= 4 is 6.08 Å². The predicted molar refractivity (Wildman–Crippen MR) is 108 cm³/mol. The van der Waals surface area contributed by atoms with Crippen LogP contribution in [0.15, 0.2) is 48.7 Å². The molecule has 1 aliphatic rings. The van der Waals surface area contributed by atoms with Crippen molar-refractivity contribution in [1.29, 1.82) is 0 Å². The third-order valence-electron chi connectivity index (χ3n) is 5.49. The number of aromatic nitrogens is 5. The summed E-state index contributed by atoms with van der Waals surface area (Å²) in [5.74, 6) is 0.354. The molecule has 2 heterocycles. The van der Waals surface area contributed by atoms with Crippen molar-refractivity contribution in [2.24, 2.45) is 0 Å². The number of alkyl halides is 1. The molecule has 0 bridgehead atoms. The molecule has 1 saturated carbocycles. The lowest BCUT2D eigenvalue weighted by Crippen LogP contribution is -2.44. The van der Waals surface area contributed by atoms with E-state index < -0.39 is 6.17 Å². The highest BCUT2D eigenvalue weighted by atomic mass is 19.1. The van der Waals surface area contributed by atoms with Gasteiger partial charge in [0.05, 0.1) is 23.8 Å². The second-order valence-electron chi connectivity index (χ2n) is 7.59. The Balaban J connectivity index is 1.57. The number of hydrogen-bond acceptors (Lipinski definition) is 6. The van der Waals surface area contributed by atoms with E-state index in [9.17, 15) is 9.50 Å². The summed E-state index contributed by atoms with van der Waals surface area (Å²) >= 11 is 0. The number of benzene rings is 1. The summed E-state index contributed by atoms with van der Waals surface area (Å²) in [6.07, 6.45) is 9.30. The van der Waals surface area contributed by atoms with E-state index in [0.29, 0.717) is 35.5 Å². The minimum Gasteiger partial charge on any atom is -0.507 e. The minimum absolute atomic E-state index is 0.0463. The van der Waals surface area contributed by atoms with E-state index in [1.165, 1.54) is 0 Å². The maximum Gasteiger partial charge on any atom is 0.185 e. The molecule has 8 heteroatoms. The highest BCUT2D eigenvalue weighted by Crippen LogP contribution is 2.34. The molecule has 2 aromatic heterocycles. The predicted octanol–water partition coefficient (Wildman–Crippen LogP) is 3.31. The summed E-state index contributed by atoms with van der Waals surface area (Å²) in [4.78, 5) is 8.31. The first kappa shape index (κ1) is 19.2. The van der Waals surface area contributed by atoms with Crippen LogP contribution in [0.2, 0.25) is 0 Å². The SMILES string of the molecule is CN[C@@]1(C)CCC(F)/C(=C\c2cnc(-c3ccc(-n4ccnc4)cc3O)nn2)C1. The van der Waals surface area contributed by atoms with E-state index in [0.717, 1.165) is 12.1 Å². The summed E-state index contributed by atoms with van der Waals surface area (Å²) < 4.78 is 16.1. The average molecular weight is 394 g/mol. The molecule has 2 N–H and O–H groups in total. The van der Waals surface area contributed by atoms with Crippen LogP contribution in [0.1, 0.15) is 31.9 Å². The Labute approximate surface area is 168 Å². The maximum atomic E-state index is 14.4. The van der Waals surface area contributed by atoms with Gasteiger partial charge in [-0.05, 0) is 57.0 Å². The number of aromatic hydroxyl groups is 1. The maximum absolute atomic E-state index is 14.4. The van der Waals surface area contributed by atoms with Gasteiger partial charge in [0.25, 0.3) is 0 Å². The summed E-state index contributed by atoms with van der Waals surface area (Å²) in [7, 11) is 1.90. The second-order valence-corrected chi connectivity index (χ2v) is 7.59. The Morgan fingerprint density at radius 1 is 1.34 bits per heavy atom. The standard InChI is InChI=1S/C21H23FN6O/c1-21(23-2)6-5-18(22)14(11-21)9-15-12-25-20(27-26-15)17-4-3-16(10-19(17)29)28-8-7-24-13-28/h3-4,7-10,12-13,18,23,29H,5-6,11H2,1-2H3/b14-9-/t18?,21-/m0/s1. The summed E-state index contributed by atoms with van der Waals surface area (Å²) in [5, 5.41) is 22.0.